The van der Waals surface area contributed by atoms with Crippen LogP contribution in [0.3, 0.4) is 0 Å². The fourth-order valence-electron chi connectivity index (χ4n) is 2.45. The summed E-state index contributed by atoms with van der Waals surface area (Å²) in [5.74, 6) is 0.191. The molecule has 3 rings (SSSR count). The molecule has 1 N–H and O–H groups in total. The quantitative estimate of drug-likeness (QED) is 0.377. The third-order valence-corrected chi connectivity index (χ3v) is 4.09. The fourth-order valence-corrected chi connectivity index (χ4v) is 2.67. The van der Waals surface area contributed by atoms with Crippen LogP contribution in [0.2, 0.25) is 5.02 Å². The molecular weight excluding hydrogens is 380 g/mol. The topological polar surface area (TPSA) is 80.9 Å². The molecular formula is C21H17ClN2O4. The van der Waals surface area contributed by atoms with E-state index in [0.717, 1.165) is 5.56 Å². The van der Waals surface area contributed by atoms with Gasteiger partial charge < -0.3 is 9.15 Å². The molecule has 142 valence electrons. The van der Waals surface area contributed by atoms with E-state index in [-0.39, 0.29) is 5.97 Å². The standard InChI is InChI=1S/C21H17ClN2O4/c1-2-27-21(26)15-7-5-6-14(12-15)19-11-10-16(28-19)13-23-24-20(25)17-8-3-4-9-18(17)22/h3-13H,2H2,1H3,(H,24,25)/b23-13-. The molecule has 1 aromatic heterocycles. The molecule has 7 heteroatoms. The van der Waals surface area contributed by atoms with E-state index >= 15 is 0 Å². The molecule has 0 aliphatic rings. The molecule has 0 fully saturated rings. The van der Waals surface area contributed by atoms with Crippen LogP contribution in [0.1, 0.15) is 33.4 Å². The van der Waals surface area contributed by atoms with Gasteiger partial charge in [-0.05, 0) is 43.3 Å². The van der Waals surface area contributed by atoms with E-state index in [2.05, 4.69) is 10.5 Å². The van der Waals surface area contributed by atoms with Gasteiger partial charge in [-0.25, -0.2) is 10.2 Å². The molecule has 0 spiro atoms. The lowest BCUT2D eigenvalue weighted by Crippen LogP contribution is -2.17. The summed E-state index contributed by atoms with van der Waals surface area (Å²) in [6, 6.07) is 17.1. The van der Waals surface area contributed by atoms with Crippen molar-refractivity contribution in [3.05, 3.63) is 82.6 Å². The number of nitrogens with zero attached hydrogens (tertiary/aromatic N) is 1. The van der Waals surface area contributed by atoms with Gasteiger partial charge in [-0.3, -0.25) is 4.79 Å². The number of hydrogen-bond donors (Lipinski definition) is 1. The lowest BCUT2D eigenvalue weighted by Gasteiger charge is -2.03. The molecule has 0 aliphatic heterocycles. The molecule has 1 heterocycles. The highest BCUT2D eigenvalue weighted by Gasteiger charge is 2.10. The number of furan rings is 1. The molecule has 0 atom stereocenters. The minimum atomic E-state index is -0.421. The van der Waals surface area contributed by atoms with Crippen LogP contribution in [0, 0.1) is 0 Å². The van der Waals surface area contributed by atoms with Gasteiger partial charge in [0.1, 0.15) is 11.5 Å². The van der Waals surface area contributed by atoms with Crippen molar-refractivity contribution in [1.82, 2.24) is 5.43 Å². The summed E-state index contributed by atoms with van der Waals surface area (Å²) in [4.78, 5) is 23.9. The van der Waals surface area contributed by atoms with Crippen molar-refractivity contribution < 1.29 is 18.7 Å². The first-order valence-corrected chi connectivity index (χ1v) is 8.91. The molecule has 3 aromatic rings. The molecule has 2 aromatic carbocycles. The van der Waals surface area contributed by atoms with E-state index in [1.54, 1.807) is 61.5 Å². The van der Waals surface area contributed by atoms with E-state index < -0.39 is 5.91 Å². The molecule has 0 saturated carbocycles. The van der Waals surface area contributed by atoms with Crippen LogP contribution in [0.4, 0.5) is 0 Å². The lowest BCUT2D eigenvalue weighted by molar-refractivity contribution is 0.0526. The van der Waals surface area contributed by atoms with Gasteiger partial charge in [-0.15, -0.1) is 0 Å². The molecule has 0 unspecified atom stereocenters. The van der Waals surface area contributed by atoms with Crippen LogP contribution in [0.15, 0.2) is 70.2 Å². The van der Waals surface area contributed by atoms with E-state index in [4.69, 9.17) is 20.8 Å². The van der Waals surface area contributed by atoms with Crippen molar-refractivity contribution in [2.75, 3.05) is 6.61 Å². The Labute approximate surface area is 166 Å². The van der Waals surface area contributed by atoms with Crippen molar-refractivity contribution >= 4 is 29.7 Å². The first-order chi connectivity index (χ1) is 13.6. The van der Waals surface area contributed by atoms with Crippen molar-refractivity contribution in [1.29, 1.82) is 0 Å². The molecule has 0 radical (unpaired) electrons. The summed E-state index contributed by atoms with van der Waals surface area (Å²) in [6.07, 6.45) is 1.38. The molecule has 0 aliphatic carbocycles. The second-order valence-corrected chi connectivity index (χ2v) is 6.09. The minimum Gasteiger partial charge on any atom is -0.462 e. The lowest BCUT2D eigenvalue weighted by atomic mass is 10.1. The number of carbonyl (C=O) groups excluding carboxylic acids is 2. The van der Waals surface area contributed by atoms with E-state index in [0.29, 0.717) is 34.3 Å². The van der Waals surface area contributed by atoms with Gasteiger partial charge in [-0.2, -0.15) is 5.10 Å². The Morgan fingerprint density at radius 1 is 1.14 bits per heavy atom. The number of nitrogens with one attached hydrogen (secondary N) is 1. The van der Waals surface area contributed by atoms with Gasteiger partial charge in [0.15, 0.2) is 0 Å². The van der Waals surface area contributed by atoms with Crippen LogP contribution in [-0.4, -0.2) is 24.7 Å². The SMILES string of the molecule is CCOC(=O)c1cccc(-c2ccc(/C=N\NC(=O)c3ccccc3Cl)o2)c1. The van der Waals surface area contributed by atoms with Crippen LogP contribution in [-0.2, 0) is 4.74 Å². The average molecular weight is 397 g/mol. The normalized spacial score (nSPS) is 10.8. The summed E-state index contributed by atoms with van der Waals surface area (Å²) in [5, 5.41) is 4.23. The minimum absolute atomic E-state index is 0.310. The summed E-state index contributed by atoms with van der Waals surface area (Å²) in [6.45, 7) is 2.06. The zero-order valence-electron chi connectivity index (χ0n) is 15.0. The Hall–Kier alpha value is -3.38. The Balaban J connectivity index is 1.68. The summed E-state index contributed by atoms with van der Waals surface area (Å²) >= 11 is 5.98. The summed E-state index contributed by atoms with van der Waals surface area (Å²) in [5.41, 5.74) is 3.90. The summed E-state index contributed by atoms with van der Waals surface area (Å²) in [7, 11) is 0. The highest BCUT2D eigenvalue weighted by molar-refractivity contribution is 6.33. The predicted octanol–water partition coefficient (Wildman–Crippen LogP) is 4.54. The maximum Gasteiger partial charge on any atom is 0.338 e. The van der Waals surface area contributed by atoms with Crippen molar-refractivity contribution in [2.24, 2.45) is 5.10 Å². The van der Waals surface area contributed by atoms with Gasteiger partial charge >= 0.3 is 5.97 Å². The van der Waals surface area contributed by atoms with E-state index in [1.165, 1.54) is 6.21 Å². The van der Waals surface area contributed by atoms with Crippen LogP contribution in [0.5, 0.6) is 0 Å². The second-order valence-electron chi connectivity index (χ2n) is 5.68. The smallest absolute Gasteiger partial charge is 0.338 e. The number of ether oxygens (including phenoxy) is 1. The van der Waals surface area contributed by atoms with E-state index in [1.807, 2.05) is 6.07 Å². The highest BCUT2D eigenvalue weighted by Crippen LogP contribution is 2.23. The van der Waals surface area contributed by atoms with Crippen LogP contribution >= 0.6 is 11.6 Å². The Kier molecular flexibility index (Phi) is 6.24. The zero-order chi connectivity index (χ0) is 19.9. The third-order valence-electron chi connectivity index (χ3n) is 3.76. The highest BCUT2D eigenvalue weighted by atomic mass is 35.5. The van der Waals surface area contributed by atoms with Gasteiger partial charge in [0.05, 0.1) is 29.0 Å². The molecule has 28 heavy (non-hydrogen) atoms. The maximum atomic E-state index is 12.1. The van der Waals surface area contributed by atoms with Gasteiger partial charge in [0, 0.05) is 5.56 Å². The maximum absolute atomic E-state index is 12.1. The third kappa shape index (κ3) is 4.66. The first kappa shape index (κ1) is 19.4. The molecule has 6 nitrogen and oxygen atoms in total. The monoisotopic (exact) mass is 396 g/mol. The van der Waals surface area contributed by atoms with E-state index in [9.17, 15) is 9.59 Å². The number of hydrazone groups is 1. The predicted molar refractivity (Wildman–Crippen MR) is 107 cm³/mol. The van der Waals surface area contributed by atoms with Crippen molar-refractivity contribution in [3.8, 4) is 11.3 Å². The van der Waals surface area contributed by atoms with Crippen molar-refractivity contribution in [3.63, 3.8) is 0 Å². The number of hydrogen-bond acceptors (Lipinski definition) is 5. The molecule has 0 saturated heterocycles. The van der Waals surface area contributed by atoms with Crippen LogP contribution < -0.4 is 5.43 Å². The number of amides is 1. The van der Waals surface area contributed by atoms with Gasteiger partial charge in [0.2, 0.25) is 0 Å². The number of rotatable bonds is 6. The Bertz CT molecular complexity index is 1030. The number of esters is 1. The average Bonchev–Trinajstić information content (AvgIpc) is 3.17. The largest absolute Gasteiger partial charge is 0.462 e. The van der Waals surface area contributed by atoms with Gasteiger partial charge in [-0.1, -0.05) is 35.9 Å². The van der Waals surface area contributed by atoms with Gasteiger partial charge in [0.25, 0.3) is 5.91 Å². The number of benzene rings is 2. The number of carbonyl (C=O) groups is 2. The Morgan fingerprint density at radius 3 is 2.75 bits per heavy atom. The second kappa shape index (κ2) is 9.01. The Morgan fingerprint density at radius 2 is 1.96 bits per heavy atom. The summed E-state index contributed by atoms with van der Waals surface area (Å²) < 4.78 is 10.7. The number of halogens is 1. The molecule has 0 bridgehead atoms. The van der Waals surface area contributed by atoms with Crippen molar-refractivity contribution in [2.45, 2.75) is 6.92 Å². The molecule has 1 amide bonds. The zero-order valence-corrected chi connectivity index (χ0v) is 15.8. The van der Waals surface area contributed by atoms with Crippen LogP contribution in [0.25, 0.3) is 11.3 Å². The first-order valence-electron chi connectivity index (χ1n) is 8.54. The fraction of sp³-hybridized carbons (Fsp3) is 0.0952.